The number of nitrogens with one attached hydrogen (secondary N) is 1. The number of nitrogens with zero attached hydrogens (tertiary/aromatic N) is 1. The fourth-order valence-corrected chi connectivity index (χ4v) is 8.68. The number of hydrogen-bond donors (Lipinski definition) is 1. The van der Waals surface area contributed by atoms with E-state index in [-0.39, 0.29) is 27.0 Å². The summed E-state index contributed by atoms with van der Waals surface area (Å²) < 4.78 is 59.9. The molecular formula is C23H26N2O6S3Si. The van der Waals surface area contributed by atoms with Crippen LogP contribution in [0.5, 0.6) is 0 Å². The van der Waals surface area contributed by atoms with Crippen molar-refractivity contribution in [2.75, 3.05) is 0 Å². The second kappa shape index (κ2) is 9.60. The van der Waals surface area contributed by atoms with Crippen molar-refractivity contribution in [3.63, 3.8) is 0 Å². The van der Waals surface area contributed by atoms with Crippen molar-refractivity contribution >= 4 is 45.4 Å². The molecule has 12 heteroatoms. The number of hydroxylamine groups is 1. The molecule has 0 saturated heterocycles. The van der Waals surface area contributed by atoms with Gasteiger partial charge in [-0.2, -0.15) is 4.31 Å². The zero-order chi connectivity index (χ0) is 25.4. The molecule has 35 heavy (non-hydrogen) atoms. The van der Waals surface area contributed by atoms with Gasteiger partial charge in [0, 0.05) is 11.9 Å². The Morgan fingerprint density at radius 1 is 0.971 bits per heavy atom. The molecule has 1 aliphatic rings. The van der Waals surface area contributed by atoms with E-state index < -0.39 is 40.1 Å². The summed E-state index contributed by atoms with van der Waals surface area (Å²) in [4.78, 5) is 13.1. The van der Waals surface area contributed by atoms with E-state index in [1.807, 2.05) is 43.9 Å². The van der Waals surface area contributed by atoms with Gasteiger partial charge in [-0.15, -0.1) is 11.3 Å². The van der Waals surface area contributed by atoms with Gasteiger partial charge in [-0.25, -0.2) is 22.3 Å². The molecule has 1 aromatic heterocycles. The van der Waals surface area contributed by atoms with E-state index in [9.17, 15) is 21.6 Å². The third kappa shape index (κ3) is 5.42. The molecular weight excluding hydrogens is 525 g/mol. The number of carbonyl (C=O) groups excluding carboxylic acids is 1. The number of sulfonamides is 1. The van der Waals surface area contributed by atoms with E-state index in [1.54, 1.807) is 18.2 Å². The normalized spacial score (nSPS) is 17.1. The molecule has 186 valence electrons. The topological polar surface area (TPSA) is 110 Å². The van der Waals surface area contributed by atoms with Crippen LogP contribution in [-0.4, -0.2) is 41.4 Å². The average molecular weight is 551 g/mol. The molecule has 1 N–H and O–H groups in total. The highest BCUT2D eigenvalue weighted by molar-refractivity contribution is 7.92. The first-order valence-corrected chi connectivity index (χ1v) is 18.1. The largest absolute Gasteiger partial charge is 0.320 e. The van der Waals surface area contributed by atoms with Crippen LogP contribution in [0.15, 0.2) is 80.0 Å². The van der Waals surface area contributed by atoms with Gasteiger partial charge in [-0.3, -0.25) is 4.79 Å². The van der Waals surface area contributed by atoms with E-state index in [0.717, 1.165) is 32.8 Å². The number of carbonyl (C=O) groups is 1. The van der Waals surface area contributed by atoms with Crippen LogP contribution in [-0.2, 0) is 42.1 Å². The van der Waals surface area contributed by atoms with E-state index in [2.05, 4.69) is 5.48 Å². The Morgan fingerprint density at radius 3 is 2.26 bits per heavy atom. The molecule has 8 nitrogen and oxygen atoms in total. The quantitative estimate of drug-likeness (QED) is 0.356. The summed E-state index contributed by atoms with van der Waals surface area (Å²) in [6.07, 6.45) is 0.177. The lowest BCUT2D eigenvalue weighted by molar-refractivity contribution is -0.132. The second-order valence-corrected chi connectivity index (χ2v) is 18.5. The molecule has 1 aliphatic heterocycles. The molecule has 4 rings (SSSR count). The van der Waals surface area contributed by atoms with Crippen LogP contribution in [0.3, 0.4) is 0 Å². The molecule has 0 fully saturated rings. The molecule has 0 spiro atoms. The van der Waals surface area contributed by atoms with E-state index in [1.165, 1.54) is 17.5 Å². The third-order valence-corrected chi connectivity index (χ3v) is 11.3. The lowest BCUT2D eigenvalue weighted by Gasteiger charge is -2.35. The summed E-state index contributed by atoms with van der Waals surface area (Å²) in [5.74, 6) is -0.556. The highest BCUT2D eigenvalue weighted by Crippen LogP contribution is 2.34. The second-order valence-electron chi connectivity index (χ2n) is 9.14. The van der Waals surface area contributed by atoms with Crippen molar-refractivity contribution in [2.24, 2.45) is 0 Å². The first-order chi connectivity index (χ1) is 16.4. The maximum Gasteiger partial charge on any atom is 0.261 e. The van der Waals surface area contributed by atoms with Gasteiger partial charge >= 0.3 is 0 Å². The monoisotopic (exact) mass is 550 g/mol. The molecule has 1 atom stereocenters. The average Bonchev–Trinajstić information content (AvgIpc) is 3.34. The molecule has 2 aromatic carbocycles. The minimum atomic E-state index is -4.19. The highest BCUT2D eigenvalue weighted by atomic mass is 32.2. The fourth-order valence-electron chi connectivity index (χ4n) is 3.67. The molecule has 2 heterocycles. The fraction of sp³-hybridized carbons (Fsp3) is 0.261. The van der Waals surface area contributed by atoms with Gasteiger partial charge in [0.05, 0.1) is 9.79 Å². The predicted molar refractivity (Wildman–Crippen MR) is 135 cm³/mol. The Bertz CT molecular complexity index is 1450. The molecule has 0 bridgehead atoms. The zero-order valence-corrected chi connectivity index (χ0v) is 22.9. The van der Waals surface area contributed by atoms with Crippen molar-refractivity contribution < 1.29 is 26.2 Å². The van der Waals surface area contributed by atoms with Crippen molar-refractivity contribution in [1.29, 1.82) is 0 Å². The van der Waals surface area contributed by atoms with Crippen molar-refractivity contribution in [2.45, 2.75) is 52.6 Å². The van der Waals surface area contributed by atoms with Gasteiger partial charge in [0.1, 0.15) is 10.3 Å². The Labute approximate surface area is 210 Å². The van der Waals surface area contributed by atoms with Gasteiger partial charge in [0.2, 0.25) is 18.2 Å². The maximum absolute atomic E-state index is 13.7. The third-order valence-electron chi connectivity index (χ3n) is 5.44. The van der Waals surface area contributed by atoms with E-state index in [0.29, 0.717) is 0 Å². The summed E-state index contributed by atoms with van der Waals surface area (Å²) in [5.41, 5.74) is 4.12. The van der Waals surface area contributed by atoms with E-state index in [4.69, 9.17) is 4.53 Å². The van der Waals surface area contributed by atoms with E-state index >= 15 is 0 Å². The van der Waals surface area contributed by atoms with Crippen LogP contribution in [0.2, 0.25) is 19.6 Å². The highest BCUT2D eigenvalue weighted by Gasteiger charge is 2.41. The first kappa shape index (κ1) is 25.7. The summed E-state index contributed by atoms with van der Waals surface area (Å²) in [6.45, 7) is 5.69. The molecule has 0 saturated carbocycles. The van der Waals surface area contributed by atoms with Crippen molar-refractivity contribution in [1.82, 2.24) is 9.79 Å². The number of sulfone groups is 1. The zero-order valence-electron chi connectivity index (χ0n) is 19.5. The molecule has 3 aromatic rings. The number of thiophene rings is 1. The van der Waals surface area contributed by atoms with Crippen LogP contribution in [0.25, 0.3) is 0 Å². The maximum atomic E-state index is 13.7. The van der Waals surface area contributed by atoms with Crippen molar-refractivity contribution in [3.05, 3.63) is 77.2 Å². The molecule has 0 unspecified atom stereocenters. The summed E-state index contributed by atoms with van der Waals surface area (Å²) >= 11 is 0.819. The number of hydrogen-bond acceptors (Lipinski definition) is 7. The Hall–Kier alpha value is -2.35. The minimum absolute atomic E-state index is 0.0117. The first-order valence-electron chi connectivity index (χ1n) is 10.8. The lowest BCUT2D eigenvalue weighted by Crippen LogP contribution is -2.53. The lowest BCUT2D eigenvalue weighted by atomic mass is 9.95. The van der Waals surface area contributed by atoms with Crippen LogP contribution in [0.4, 0.5) is 0 Å². The summed E-state index contributed by atoms with van der Waals surface area (Å²) in [7, 11) is -10.2. The van der Waals surface area contributed by atoms with Crippen LogP contribution in [0, 0.1) is 0 Å². The van der Waals surface area contributed by atoms with Gasteiger partial charge in [0.15, 0.2) is 0 Å². The standard InChI is InChI=1S/C23H26N2O6S3Si/c1-35(2,3)31-24-23(26)21-13-17-9-7-8-10-18(17)15-25(21)34(29,30)22-14-20(16-32-22)33(27,28)19-11-5-4-6-12-19/h4-12,14,16,21H,13,15H2,1-3H3,(H,24,26)/t21-/m1/s1. The van der Waals surface area contributed by atoms with Crippen LogP contribution in [0.1, 0.15) is 11.1 Å². The Balaban J connectivity index is 1.70. The van der Waals surface area contributed by atoms with Crippen LogP contribution >= 0.6 is 11.3 Å². The van der Waals surface area contributed by atoms with Gasteiger partial charge < -0.3 is 4.53 Å². The summed E-state index contributed by atoms with van der Waals surface area (Å²) in [6, 6.07) is 15.3. The minimum Gasteiger partial charge on any atom is -0.320 e. The molecule has 0 radical (unpaired) electrons. The predicted octanol–water partition coefficient (Wildman–Crippen LogP) is 3.58. The van der Waals surface area contributed by atoms with Crippen LogP contribution < -0.4 is 5.48 Å². The smallest absolute Gasteiger partial charge is 0.261 e. The Kier molecular flexibility index (Phi) is 7.06. The number of fused-ring (bicyclic) bond motifs is 1. The van der Waals surface area contributed by atoms with Gasteiger partial charge in [0.25, 0.3) is 15.9 Å². The SMILES string of the molecule is C[Si](C)(C)ONC(=O)[C@H]1Cc2ccccc2CN1S(=O)(=O)c1cc(S(=O)(=O)c2ccccc2)cs1. The van der Waals surface area contributed by atoms with Gasteiger partial charge in [-0.05, 0) is 55.4 Å². The number of amides is 1. The molecule has 0 aliphatic carbocycles. The Morgan fingerprint density at radius 2 is 1.60 bits per heavy atom. The van der Waals surface area contributed by atoms with Crippen molar-refractivity contribution in [3.8, 4) is 0 Å². The number of benzene rings is 2. The molecule has 1 amide bonds. The number of rotatable bonds is 7. The summed E-state index contributed by atoms with van der Waals surface area (Å²) in [5, 5.41) is 1.32. The van der Waals surface area contributed by atoms with Gasteiger partial charge in [-0.1, -0.05) is 42.5 Å².